The van der Waals surface area contributed by atoms with Gasteiger partial charge < -0.3 is 20.5 Å². The van der Waals surface area contributed by atoms with E-state index in [1.54, 1.807) is 4.90 Å². The Kier molecular flexibility index (Phi) is 3.56. The Morgan fingerprint density at radius 2 is 2.00 bits per heavy atom. The van der Waals surface area contributed by atoms with Crippen molar-refractivity contribution in [3.8, 4) is 5.75 Å². The molecule has 3 atom stereocenters. The molecule has 2 fully saturated rings. The number of amides is 1. The third-order valence-electron chi connectivity index (χ3n) is 5.30. The van der Waals surface area contributed by atoms with Crippen LogP contribution in [0.15, 0.2) is 18.2 Å². The Morgan fingerprint density at radius 3 is 2.70 bits per heavy atom. The van der Waals surface area contributed by atoms with E-state index >= 15 is 0 Å². The molecule has 23 heavy (non-hydrogen) atoms. The Morgan fingerprint density at radius 1 is 1.26 bits per heavy atom. The van der Waals surface area contributed by atoms with Crippen LogP contribution in [0.2, 0.25) is 0 Å². The molecule has 1 aromatic carbocycles. The summed E-state index contributed by atoms with van der Waals surface area (Å²) in [4.78, 5) is 15.5. The van der Waals surface area contributed by atoms with E-state index in [1.807, 2.05) is 0 Å². The second-order valence-corrected chi connectivity index (χ2v) is 6.90. The fourth-order valence-corrected chi connectivity index (χ4v) is 4.21. The predicted molar refractivity (Wildman–Crippen MR) is 87.1 cm³/mol. The first-order chi connectivity index (χ1) is 11.1. The van der Waals surface area contributed by atoms with Crippen molar-refractivity contribution in [3.05, 3.63) is 23.8 Å². The lowest BCUT2D eigenvalue weighted by atomic mass is 9.91. The molecule has 6 heteroatoms. The van der Waals surface area contributed by atoms with Gasteiger partial charge in [0.15, 0.2) is 0 Å². The number of carbonyl (C=O) groups is 1. The number of piperidine rings is 1. The molecular weight excluding hydrogens is 294 g/mol. The van der Waals surface area contributed by atoms with Gasteiger partial charge in [0.1, 0.15) is 12.4 Å². The maximum atomic E-state index is 11.5. The highest BCUT2D eigenvalue weighted by Gasteiger charge is 2.40. The van der Waals surface area contributed by atoms with Gasteiger partial charge in [0, 0.05) is 30.9 Å². The van der Waals surface area contributed by atoms with Crippen molar-refractivity contribution in [2.24, 2.45) is 5.73 Å². The molecule has 3 aliphatic rings. The number of benzene rings is 1. The van der Waals surface area contributed by atoms with Gasteiger partial charge in [0.05, 0.1) is 12.1 Å². The molecule has 0 saturated carbocycles. The molecule has 4 rings (SSSR count). The number of ether oxygens (including phenoxy) is 1. The minimum absolute atomic E-state index is 0.0758. The summed E-state index contributed by atoms with van der Waals surface area (Å²) in [6.07, 6.45) is 3.11. The van der Waals surface area contributed by atoms with Crippen LogP contribution < -0.4 is 15.4 Å². The first-order valence-corrected chi connectivity index (χ1v) is 8.39. The summed E-state index contributed by atoms with van der Waals surface area (Å²) in [6.45, 7) is 2.09. The summed E-state index contributed by atoms with van der Waals surface area (Å²) in [6, 6.07) is 6.59. The van der Waals surface area contributed by atoms with Crippen LogP contribution in [0, 0.1) is 0 Å². The van der Waals surface area contributed by atoms with E-state index in [4.69, 9.17) is 10.5 Å². The van der Waals surface area contributed by atoms with Gasteiger partial charge in [-0.05, 0) is 37.3 Å². The number of hydrogen-bond donors (Lipinski definition) is 2. The van der Waals surface area contributed by atoms with Crippen LogP contribution in [-0.4, -0.2) is 53.9 Å². The highest BCUT2D eigenvalue weighted by molar-refractivity contribution is 5.67. The van der Waals surface area contributed by atoms with E-state index in [2.05, 4.69) is 23.1 Å². The molecule has 0 spiro atoms. The van der Waals surface area contributed by atoms with Crippen LogP contribution in [0.4, 0.5) is 10.5 Å². The van der Waals surface area contributed by atoms with E-state index in [-0.39, 0.29) is 18.1 Å². The van der Waals surface area contributed by atoms with Crippen LogP contribution in [0.1, 0.15) is 24.8 Å². The molecule has 1 aromatic rings. The highest BCUT2D eigenvalue weighted by atomic mass is 16.5. The molecule has 3 unspecified atom stereocenters. The summed E-state index contributed by atoms with van der Waals surface area (Å²) in [5, 5.41) is 9.46. The van der Waals surface area contributed by atoms with Gasteiger partial charge in [-0.15, -0.1) is 0 Å². The number of hydrogen-bond acceptors (Lipinski definition) is 4. The largest absolute Gasteiger partial charge is 0.492 e. The molecule has 0 radical (unpaired) electrons. The van der Waals surface area contributed by atoms with Crippen LogP contribution in [0.3, 0.4) is 0 Å². The molecule has 0 aromatic heterocycles. The highest BCUT2D eigenvalue weighted by Crippen LogP contribution is 2.34. The second kappa shape index (κ2) is 5.60. The maximum Gasteiger partial charge on any atom is 0.407 e. The average molecular weight is 317 g/mol. The van der Waals surface area contributed by atoms with E-state index in [9.17, 15) is 9.90 Å². The monoisotopic (exact) mass is 317 g/mol. The van der Waals surface area contributed by atoms with Crippen molar-refractivity contribution >= 4 is 11.8 Å². The Hall–Kier alpha value is -1.95. The van der Waals surface area contributed by atoms with Crippen LogP contribution >= 0.6 is 0 Å². The number of carboxylic acid groups (broad SMARTS) is 1. The smallest absolute Gasteiger partial charge is 0.407 e. The first kappa shape index (κ1) is 14.6. The zero-order chi connectivity index (χ0) is 16.0. The van der Waals surface area contributed by atoms with Crippen molar-refractivity contribution in [1.82, 2.24) is 4.90 Å². The van der Waals surface area contributed by atoms with Crippen molar-refractivity contribution in [2.45, 2.75) is 43.8 Å². The quantitative estimate of drug-likeness (QED) is 0.824. The summed E-state index contributed by atoms with van der Waals surface area (Å²) >= 11 is 0. The normalized spacial score (nSPS) is 29.7. The van der Waals surface area contributed by atoms with Crippen LogP contribution in [0.5, 0.6) is 5.75 Å². The fraction of sp³-hybridized carbons (Fsp3) is 0.588. The Bertz CT molecular complexity index is 607. The molecular formula is C17H23N3O3. The summed E-state index contributed by atoms with van der Waals surface area (Å²) < 4.78 is 5.76. The molecule has 3 N–H and O–H groups in total. The minimum Gasteiger partial charge on any atom is -0.492 e. The number of nitrogens with zero attached hydrogens (tertiary/aromatic N) is 2. The minimum atomic E-state index is -0.776. The molecule has 2 saturated heterocycles. The molecule has 2 bridgehead atoms. The molecule has 1 amide bonds. The third-order valence-corrected chi connectivity index (χ3v) is 5.30. The zero-order valence-corrected chi connectivity index (χ0v) is 13.1. The number of rotatable bonds is 1. The number of anilines is 1. The first-order valence-electron chi connectivity index (χ1n) is 8.39. The molecule has 3 aliphatic heterocycles. The van der Waals surface area contributed by atoms with E-state index in [0.29, 0.717) is 6.61 Å². The summed E-state index contributed by atoms with van der Waals surface area (Å²) in [7, 11) is 0. The van der Waals surface area contributed by atoms with Gasteiger partial charge in [-0.2, -0.15) is 0 Å². The summed E-state index contributed by atoms with van der Waals surface area (Å²) in [5.41, 5.74) is 8.23. The lowest BCUT2D eigenvalue weighted by Crippen LogP contribution is -2.62. The third kappa shape index (κ3) is 2.61. The van der Waals surface area contributed by atoms with Gasteiger partial charge in [-0.1, -0.05) is 6.07 Å². The zero-order valence-electron chi connectivity index (χ0n) is 13.1. The number of piperazine rings is 1. The van der Waals surface area contributed by atoms with E-state index in [0.717, 1.165) is 55.8 Å². The number of nitrogens with two attached hydrogens (primary N) is 1. The fourth-order valence-electron chi connectivity index (χ4n) is 4.21. The van der Waals surface area contributed by atoms with Gasteiger partial charge in [-0.3, -0.25) is 4.90 Å². The second-order valence-electron chi connectivity index (χ2n) is 6.90. The van der Waals surface area contributed by atoms with Crippen LogP contribution in [0.25, 0.3) is 0 Å². The maximum absolute atomic E-state index is 11.5. The molecule has 124 valence electrons. The van der Waals surface area contributed by atoms with Gasteiger partial charge in [0.2, 0.25) is 0 Å². The topological polar surface area (TPSA) is 79.0 Å². The SMILES string of the molecule is NC1COc2cc(N3CC4CCCC(C3)N4C(=O)O)ccc2C1. The predicted octanol–water partition coefficient (Wildman–Crippen LogP) is 1.67. The average Bonchev–Trinajstić information content (AvgIpc) is 2.53. The van der Waals surface area contributed by atoms with Crippen LogP contribution in [-0.2, 0) is 6.42 Å². The van der Waals surface area contributed by atoms with E-state index in [1.165, 1.54) is 0 Å². The standard InChI is InChI=1S/C17H23N3O3/c18-12-6-11-4-5-13(7-16(11)23-10-12)19-8-14-2-1-3-15(9-19)20(14)17(21)22/h4-5,7,12,14-15H,1-3,6,8-10,18H2,(H,21,22). The van der Waals surface area contributed by atoms with Gasteiger partial charge >= 0.3 is 6.09 Å². The molecule has 3 heterocycles. The van der Waals surface area contributed by atoms with Crippen molar-refractivity contribution in [1.29, 1.82) is 0 Å². The van der Waals surface area contributed by atoms with Gasteiger partial charge in [0.25, 0.3) is 0 Å². The Labute approximate surface area is 135 Å². The molecule has 0 aliphatic carbocycles. The summed E-state index contributed by atoms with van der Waals surface area (Å²) in [5.74, 6) is 0.926. The van der Waals surface area contributed by atoms with Crippen molar-refractivity contribution in [2.75, 3.05) is 24.6 Å². The lowest BCUT2D eigenvalue weighted by molar-refractivity contribution is 0.0606. The van der Waals surface area contributed by atoms with E-state index < -0.39 is 6.09 Å². The number of fused-ring (bicyclic) bond motifs is 3. The van der Waals surface area contributed by atoms with Gasteiger partial charge in [-0.25, -0.2) is 4.79 Å². The van der Waals surface area contributed by atoms with Crippen molar-refractivity contribution in [3.63, 3.8) is 0 Å². The van der Waals surface area contributed by atoms with Crippen molar-refractivity contribution < 1.29 is 14.6 Å². The molecule has 6 nitrogen and oxygen atoms in total. The Balaban J connectivity index is 1.57. The lowest BCUT2D eigenvalue weighted by Gasteiger charge is -2.49.